The lowest BCUT2D eigenvalue weighted by atomic mass is 10.4. The molecule has 12 heavy (non-hydrogen) atoms. The van der Waals surface area contributed by atoms with E-state index >= 15 is 0 Å². The van der Waals surface area contributed by atoms with Crippen LogP contribution in [0.4, 0.5) is 0 Å². The molecule has 72 valence electrons. The Balaban J connectivity index is -0.000000124. The second-order valence-corrected chi connectivity index (χ2v) is 2.15. The number of unbranched alkanes of at least 4 members (excludes halogenated alkanes) is 1. The molecule has 0 spiro atoms. The van der Waals surface area contributed by atoms with Gasteiger partial charge < -0.3 is 0 Å². The van der Waals surface area contributed by atoms with Crippen molar-refractivity contribution in [2.45, 2.75) is 41.5 Å². The van der Waals surface area contributed by atoms with E-state index in [-0.39, 0.29) is 14.9 Å². The van der Waals surface area contributed by atoms with Crippen LogP contribution in [0.25, 0.3) is 0 Å². The molecule has 0 unspecified atom stereocenters. The molecule has 0 nitrogen and oxygen atoms in total. The van der Waals surface area contributed by atoms with E-state index in [1.54, 1.807) is 0 Å². The molecule has 0 aliphatic rings. The predicted octanol–water partition coefficient (Wildman–Crippen LogP) is 4.77. The van der Waals surface area contributed by atoms with Crippen molar-refractivity contribution < 1.29 is 0 Å². The summed E-state index contributed by atoms with van der Waals surface area (Å²) in [4.78, 5) is 0. The van der Waals surface area contributed by atoms with Crippen molar-refractivity contribution in [3.63, 3.8) is 0 Å². The minimum absolute atomic E-state index is 0. The average molecular weight is 168 g/mol. The van der Waals surface area contributed by atoms with E-state index in [1.807, 2.05) is 36.4 Å². The highest BCUT2D eigenvalue weighted by atomic mass is 13.6. The zero-order valence-electron chi connectivity index (χ0n) is 6.88. The van der Waals surface area contributed by atoms with Crippen LogP contribution in [0.15, 0.2) is 36.4 Å². The second-order valence-electron chi connectivity index (χ2n) is 2.15. The molecule has 0 aliphatic heterocycles. The van der Waals surface area contributed by atoms with Crippen LogP contribution < -0.4 is 0 Å². The molecule has 1 aromatic rings. The number of benzene rings is 1. The standard InChI is InChI=1S/C6H6.C4H10.2CH4/c1-2-4-6-5-3-1;1-3-4-2;;/h1-6H;3-4H2,1-2H3;2*1H4. The zero-order valence-corrected chi connectivity index (χ0v) is 6.88. The molecule has 0 atom stereocenters. The van der Waals surface area contributed by atoms with Gasteiger partial charge in [-0.25, -0.2) is 0 Å². The Bertz CT molecular complexity index is 92.0. The summed E-state index contributed by atoms with van der Waals surface area (Å²) < 4.78 is 0. The minimum atomic E-state index is 0. The monoisotopic (exact) mass is 168 g/mol. The second kappa shape index (κ2) is 16.7. The van der Waals surface area contributed by atoms with Crippen LogP contribution in [0.5, 0.6) is 0 Å². The van der Waals surface area contributed by atoms with Crippen molar-refractivity contribution in [2.24, 2.45) is 0 Å². The van der Waals surface area contributed by atoms with Crippen molar-refractivity contribution in [3.8, 4) is 0 Å². The van der Waals surface area contributed by atoms with Gasteiger partial charge in [-0.1, -0.05) is 77.9 Å². The van der Waals surface area contributed by atoms with Gasteiger partial charge in [0, 0.05) is 0 Å². The van der Waals surface area contributed by atoms with Crippen LogP contribution in [0.2, 0.25) is 0 Å². The van der Waals surface area contributed by atoms with Crippen molar-refractivity contribution in [1.29, 1.82) is 0 Å². The van der Waals surface area contributed by atoms with Crippen LogP contribution in [-0.2, 0) is 0 Å². The Labute approximate surface area is 78.6 Å². The maximum Gasteiger partial charge on any atom is -0.0564 e. The lowest BCUT2D eigenvalue weighted by Gasteiger charge is -1.69. The average Bonchev–Trinajstić information content (AvgIpc) is 2.08. The number of hydrogen-bond acceptors (Lipinski definition) is 0. The van der Waals surface area contributed by atoms with E-state index in [0.717, 1.165) is 0 Å². The Morgan fingerprint density at radius 2 is 0.750 bits per heavy atom. The first-order valence-electron chi connectivity index (χ1n) is 3.91. The van der Waals surface area contributed by atoms with Gasteiger partial charge in [0.1, 0.15) is 0 Å². The molecular weight excluding hydrogens is 144 g/mol. The van der Waals surface area contributed by atoms with Gasteiger partial charge in [0.15, 0.2) is 0 Å². The van der Waals surface area contributed by atoms with Gasteiger partial charge in [0.2, 0.25) is 0 Å². The third kappa shape index (κ3) is 16.1. The first kappa shape index (κ1) is 17.3. The van der Waals surface area contributed by atoms with E-state index < -0.39 is 0 Å². The summed E-state index contributed by atoms with van der Waals surface area (Å²) in [5.41, 5.74) is 0. The first-order valence-corrected chi connectivity index (χ1v) is 3.91. The summed E-state index contributed by atoms with van der Waals surface area (Å²) in [6, 6.07) is 12.0. The Hall–Kier alpha value is -0.780. The fraction of sp³-hybridized carbons (Fsp3) is 0.500. The van der Waals surface area contributed by atoms with E-state index in [2.05, 4.69) is 13.8 Å². The molecule has 0 amide bonds. The Morgan fingerprint density at radius 1 is 0.583 bits per heavy atom. The molecule has 0 fully saturated rings. The molecule has 0 aliphatic carbocycles. The van der Waals surface area contributed by atoms with Crippen LogP contribution in [0, 0.1) is 0 Å². The molecule has 0 heterocycles. The molecule has 0 heteroatoms. The fourth-order valence-electron chi connectivity index (χ4n) is 0.385. The van der Waals surface area contributed by atoms with E-state index in [9.17, 15) is 0 Å². The van der Waals surface area contributed by atoms with Crippen molar-refractivity contribution >= 4 is 0 Å². The normalized spacial score (nSPS) is 6.50. The van der Waals surface area contributed by atoms with Crippen molar-refractivity contribution in [2.75, 3.05) is 0 Å². The van der Waals surface area contributed by atoms with Crippen LogP contribution in [-0.4, -0.2) is 0 Å². The summed E-state index contributed by atoms with van der Waals surface area (Å²) in [6.07, 6.45) is 2.64. The third-order valence-electron chi connectivity index (χ3n) is 1.17. The Morgan fingerprint density at radius 3 is 0.833 bits per heavy atom. The highest BCUT2D eigenvalue weighted by Crippen LogP contribution is 1.79. The topological polar surface area (TPSA) is 0 Å². The summed E-state index contributed by atoms with van der Waals surface area (Å²) in [5.74, 6) is 0. The van der Waals surface area contributed by atoms with Crippen LogP contribution in [0.3, 0.4) is 0 Å². The highest BCUT2D eigenvalue weighted by Gasteiger charge is 1.58. The van der Waals surface area contributed by atoms with E-state index in [0.29, 0.717) is 0 Å². The minimum Gasteiger partial charge on any atom is -0.0776 e. The summed E-state index contributed by atoms with van der Waals surface area (Å²) in [6.45, 7) is 4.36. The SMILES string of the molecule is C.C.CCCC.c1ccccc1. The molecule has 0 N–H and O–H groups in total. The summed E-state index contributed by atoms with van der Waals surface area (Å²) >= 11 is 0. The van der Waals surface area contributed by atoms with Gasteiger partial charge in [-0.15, -0.1) is 0 Å². The van der Waals surface area contributed by atoms with Gasteiger partial charge in [-0.3, -0.25) is 0 Å². The van der Waals surface area contributed by atoms with Gasteiger partial charge >= 0.3 is 0 Å². The van der Waals surface area contributed by atoms with E-state index in [4.69, 9.17) is 0 Å². The quantitative estimate of drug-likeness (QED) is 0.567. The summed E-state index contributed by atoms with van der Waals surface area (Å²) in [5, 5.41) is 0. The van der Waals surface area contributed by atoms with Crippen LogP contribution in [0.1, 0.15) is 41.5 Å². The van der Waals surface area contributed by atoms with Gasteiger partial charge in [-0.05, 0) is 0 Å². The third-order valence-corrected chi connectivity index (χ3v) is 1.17. The molecule has 0 saturated heterocycles. The van der Waals surface area contributed by atoms with Gasteiger partial charge in [-0.2, -0.15) is 0 Å². The first-order chi connectivity index (χ1) is 4.91. The molecule has 1 aromatic carbocycles. The zero-order chi connectivity index (χ0) is 7.66. The fourth-order valence-corrected chi connectivity index (χ4v) is 0.385. The molecular formula is C12H24. The van der Waals surface area contributed by atoms with Crippen molar-refractivity contribution in [3.05, 3.63) is 36.4 Å². The lowest BCUT2D eigenvalue weighted by Crippen LogP contribution is -1.47. The van der Waals surface area contributed by atoms with E-state index in [1.165, 1.54) is 12.8 Å². The van der Waals surface area contributed by atoms with Crippen LogP contribution >= 0.6 is 0 Å². The molecule has 0 aromatic heterocycles. The van der Waals surface area contributed by atoms with Crippen molar-refractivity contribution in [1.82, 2.24) is 0 Å². The molecule has 0 bridgehead atoms. The molecule has 0 saturated carbocycles. The smallest absolute Gasteiger partial charge is 0.0564 e. The largest absolute Gasteiger partial charge is 0.0776 e. The lowest BCUT2D eigenvalue weighted by molar-refractivity contribution is 0.886. The molecule has 0 radical (unpaired) electrons. The van der Waals surface area contributed by atoms with Gasteiger partial charge in [0.25, 0.3) is 0 Å². The highest BCUT2D eigenvalue weighted by molar-refractivity contribution is 4.99. The number of hydrogen-bond donors (Lipinski definition) is 0. The number of rotatable bonds is 1. The Kier molecular flexibility index (Phi) is 24.1. The predicted molar refractivity (Wildman–Crippen MR) is 60.5 cm³/mol. The molecule has 1 rings (SSSR count). The van der Waals surface area contributed by atoms with Gasteiger partial charge in [0.05, 0.1) is 0 Å². The summed E-state index contributed by atoms with van der Waals surface area (Å²) in [7, 11) is 0. The maximum atomic E-state index is 2.18. The maximum absolute atomic E-state index is 2.18.